The maximum Gasteiger partial charge on any atom is 0.463 e. The van der Waals surface area contributed by atoms with Crippen LogP contribution in [-0.2, 0) is 4.79 Å². The van der Waals surface area contributed by atoms with Gasteiger partial charge in [0, 0.05) is 12.6 Å². The van der Waals surface area contributed by atoms with Gasteiger partial charge in [-0.3, -0.25) is 4.79 Å². The van der Waals surface area contributed by atoms with Gasteiger partial charge < -0.3 is 4.90 Å². The molecule has 1 rings (SSSR count). The van der Waals surface area contributed by atoms with Crippen LogP contribution in [0.15, 0.2) is 0 Å². The summed E-state index contributed by atoms with van der Waals surface area (Å²) in [6.07, 6.45) is -4.93. The van der Waals surface area contributed by atoms with Gasteiger partial charge in [0.05, 0.1) is 0 Å². The maximum atomic E-state index is 12.9. The third-order valence-electron chi connectivity index (χ3n) is 3.02. The van der Waals surface area contributed by atoms with Crippen molar-refractivity contribution in [2.75, 3.05) is 6.54 Å². The zero-order valence-corrected chi connectivity index (χ0v) is 9.52. The molecule has 0 saturated carbocycles. The highest BCUT2D eigenvalue weighted by Crippen LogP contribution is 2.38. The Hall–Kier alpha value is -0.880. The number of nitrogens with zero attached hydrogens (tertiary/aromatic N) is 1. The molecule has 0 aromatic heterocycles. The second kappa shape index (κ2) is 4.42. The SMILES string of the molecule is CC1CCN(C(=O)C(F)(F)C(F)(F)F)C(C)C1. The number of hydrogen-bond acceptors (Lipinski definition) is 1. The summed E-state index contributed by atoms with van der Waals surface area (Å²) in [5.41, 5.74) is 0. The van der Waals surface area contributed by atoms with Crippen LogP contribution < -0.4 is 0 Å². The second-order valence-corrected chi connectivity index (χ2v) is 4.55. The zero-order valence-electron chi connectivity index (χ0n) is 9.52. The molecule has 0 bridgehead atoms. The van der Waals surface area contributed by atoms with Gasteiger partial charge in [-0.15, -0.1) is 0 Å². The number of amides is 1. The zero-order chi connectivity index (χ0) is 13.4. The Balaban J connectivity index is 2.83. The quantitative estimate of drug-likeness (QED) is 0.663. The third-order valence-corrected chi connectivity index (χ3v) is 3.02. The first kappa shape index (κ1) is 14.2. The van der Waals surface area contributed by atoms with E-state index in [0.717, 1.165) is 0 Å². The van der Waals surface area contributed by atoms with Crippen molar-refractivity contribution in [3.05, 3.63) is 0 Å². The van der Waals surface area contributed by atoms with Gasteiger partial charge in [0.15, 0.2) is 0 Å². The molecule has 2 unspecified atom stereocenters. The van der Waals surface area contributed by atoms with E-state index in [1.54, 1.807) is 0 Å². The first-order chi connectivity index (χ1) is 7.57. The maximum absolute atomic E-state index is 12.9. The topological polar surface area (TPSA) is 20.3 Å². The minimum atomic E-state index is -5.83. The molecule has 0 aromatic rings. The first-order valence-electron chi connectivity index (χ1n) is 5.33. The predicted molar refractivity (Wildman–Crippen MR) is 50.6 cm³/mol. The molecule has 0 radical (unpaired) electrons. The summed E-state index contributed by atoms with van der Waals surface area (Å²) < 4.78 is 61.9. The van der Waals surface area contributed by atoms with Crippen LogP contribution >= 0.6 is 0 Å². The highest BCUT2D eigenvalue weighted by Gasteiger charge is 2.65. The first-order valence-corrected chi connectivity index (χ1v) is 5.33. The van der Waals surface area contributed by atoms with Gasteiger partial charge in [0.1, 0.15) is 0 Å². The van der Waals surface area contributed by atoms with Gasteiger partial charge in [0.2, 0.25) is 0 Å². The lowest BCUT2D eigenvalue weighted by atomic mass is 9.93. The summed E-state index contributed by atoms with van der Waals surface area (Å²) in [6, 6.07) is -0.584. The van der Waals surface area contributed by atoms with E-state index < -0.39 is 24.0 Å². The summed E-state index contributed by atoms with van der Waals surface area (Å²) >= 11 is 0. The van der Waals surface area contributed by atoms with Crippen molar-refractivity contribution in [3.8, 4) is 0 Å². The van der Waals surface area contributed by atoms with Crippen LogP contribution in [0.1, 0.15) is 26.7 Å². The van der Waals surface area contributed by atoms with E-state index >= 15 is 0 Å². The Morgan fingerprint density at radius 3 is 2.12 bits per heavy atom. The second-order valence-electron chi connectivity index (χ2n) is 4.55. The van der Waals surface area contributed by atoms with Gasteiger partial charge in [-0.1, -0.05) is 6.92 Å². The molecule has 0 spiro atoms. The van der Waals surface area contributed by atoms with Gasteiger partial charge >= 0.3 is 18.0 Å². The average Bonchev–Trinajstić information content (AvgIpc) is 2.14. The van der Waals surface area contributed by atoms with Crippen LogP contribution in [-0.4, -0.2) is 35.5 Å². The van der Waals surface area contributed by atoms with E-state index in [2.05, 4.69) is 0 Å². The lowest BCUT2D eigenvalue weighted by Crippen LogP contribution is -2.56. The van der Waals surface area contributed by atoms with Crippen molar-refractivity contribution in [1.29, 1.82) is 0 Å². The fourth-order valence-electron chi connectivity index (χ4n) is 2.01. The van der Waals surface area contributed by atoms with Crippen molar-refractivity contribution in [3.63, 3.8) is 0 Å². The Bertz CT molecular complexity index is 302. The Morgan fingerprint density at radius 2 is 1.71 bits per heavy atom. The molecular weight excluding hydrogens is 245 g/mol. The van der Waals surface area contributed by atoms with E-state index in [4.69, 9.17) is 0 Å². The van der Waals surface area contributed by atoms with Crippen LogP contribution in [0, 0.1) is 5.92 Å². The number of rotatable bonds is 1. The van der Waals surface area contributed by atoms with Gasteiger partial charge in [-0.25, -0.2) is 0 Å². The number of hydrogen-bond donors (Lipinski definition) is 0. The van der Waals surface area contributed by atoms with Crippen LogP contribution in [0.25, 0.3) is 0 Å². The van der Waals surface area contributed by atoms with Gasteiger partial charge in [-0.2, -0.15) is 22.0 Å². The molecule has 0 aliphatic carbocycles. The minimum absolute atomic E-state index is 0.0488. The monoisotopic (exact) mass is 259 g/mol. The van der Waals surface area contributed by atoms with E-state index in [1.165, 1.54) is 6.92 Å². The standard InChI is InChI=1S/C10H14F5NO/c1-6-3-4-16(7(2)5-6)8(17)9(11,12)10(13,14)15/h6-7H,3-5H2,1-2H3. The third kappa shape index (κ3) is 2.69. The van der Waals surface area contributed by atoms with Crippen LogP contribution in [0.3, 0.4) is 0 Å². The molecule has 1 saturated heterocycles. The lowest BCUT2D eigenvalue weighted by molar-refractivity contribution is -0.275. The average molecular weight is 259 g/mol. The molecule has 1 aliphatic heterocycles. The molecule has 1 fully saturated rings. The Kier molecular flexibility index (Phi) is 3.69. The molecule has 1 heterocycles. The van der Waals surface area contributed by atoms with Crippen molar-refractivity contribution < 1.29 is 26.7 Å². The molecule has 0 aromatic carbocycles. The number of alkyl halides is 5. The van der Waals surface area contributed by atoms with Crippen molar-refractivity contribution in [2.24, 2.45) is 5.92 Å². The predicted octanol–water partition coefficient (Wildman–Crippen LogP) is 2.83. The molecule has 2 nitrogen and oxygen atoms in total. The summed E-state index contributed by atoms with van der Waals surface area (Å²) in [4.78, 5) is 11.9. The molecule has 0 N–H and O–H groups in total. The van der Waals surface area contributed by atoms with Crippen LogP contribution in [0.2, 0.25) is 0 Å². The molecule has 1 amide bonds. The van der Waals surface area contributed by atoms with E-state index in [9.17, 15) is 26.7 Å². The largest absolute Gasteiger partial charge is 0.463 e. The van der Waals surface area contributed by atoms with Crippen molar-refractivity contribution in [1.82, 2.24) is 4.90 Å². The summed E-state index contributed by atoms with van der Waals surface area (Å²) in [5.74, 6) is -7.19. The lowest BCUT2D eigenvalue weighted by Gasteiger charge is -2.38. The summed E-state index contributed by atoms with van der Waals surface area (Å²) in [7, 11) is 0. The molecule has 17 heavy (non-hydrogen) atoms. The number of carbonyl (C=O) groups is 1. The smallest absolute Gasteiger partial charge is 0.334 e. The number of halogens is 5. The number of piperidine rings is 1. The molecule has 100 valence electrons. The fourth-order valence-corrected chi connectivity index (χ4v) is 2.01. The summed E-state index contributed by atoms with van der Waals surface area (Å²) in [5, 5.41) is 0. The Morgan fingerprint density at radius 1 is 1.18 bits per heavy atom. The minimum Gasteiger partial charge on any atom is -0.334 e. The van der Waals surface area contributed by atoms with E-state index in [1.807, 2.05) is 6.92 Å². The molecule has 7 heteroatoms. The van der Waals surface area contributed by atoms with Gasteiger partial charge in [-0.05, 0) is 25.7 Å². The number of likely N-dealkylation sites (tertiary alicyclic amines) is 1. The Labute approximate surface area is 95.8 Å². The highest BCUT2D eigenvalue weighted by atomic mass is 19.4. The highest BCUT2D eigenvalue weighted by molar-refractivity contribution is 5.84. The van der Waals surface area contributed by atoms with Crippen LogP contribution in [0.4, 0.5) is 22.0 Å². The van der Waals surface area contributed by atoms with Crippen molar-refractivity contribution >= 4 is 5.91 Å². The molecule has 1 aliphatic rings. The van der Waals surface area contributed by atoms with E-state index in [0.29, 0.717) is 17.7 Å². The van der Waals surface area contributed by atoms with E-state index in [-0.39, 0.29) is 12.5 Å². The number of carbonyl (C=O) groups excluding carboxylic acids is 1. The van der Waals surface area contributed by atoms with Crippen LogP contribution in [0.5, 0.6) is 0 Å². The normalized spacial score (nSPS) is 27.1. The fraction of sp³-hybridized carbons (Fsp3) is 0.900. The van der Waals surface area contributed by atoms with Crippen molar-refractivity contribution in [2.45, 2.75) is 44.8 Å². The summed E-state index contributed by atoms with van der Waals surface area (Å²) in [6.45, 7) is 3.31. The molecular formula is C10H14F5NO. The van der Waals surface area contributed by atoms with Gasteiger partial charge in [0.25, 0.3) is 0 Å². The molecule has 2 atom stereocenters.